The lowest BCUT2D eigenvalue weighted by atomic mass is 10.2. The number of carbonyl (C=O) groups is 1. The molecule has 1 aromatic rings. The Labute approximate surface area is 133 Å². The standard InChI is InChI=1S/C14H19BrN2O3S/c1-11-4-5-12(10-13(11)15)16-14(18)6-9-21(19,20)17-7-2-3-8-17/h4-5,10H,2-3,6-9H2,1H3,(H,16,18). The molecule has 116 valence electrons. The predicted octanol–water partition coefficient (Wildman–Crippen LogP) is 2.51. The molecule has 1 fully saturated rings. The van der Waals surface area contributed by atoms with Gasteiger partial charge in [-0.05, 0) is 37.5 Å². The van der Waals surface area contributed by atoms with E-state index in [0.29, 0.717) is 18.8 Å². The van der Waals surface area contributed by atoms with Crippen LogP contribution in [0.3, 0.4) is 0 Å². The van der Waals surface area contributed by atoms with Crippen LogP contribution in [0.2, 0.25) is 0 Å². The lowest BCUT2D eigenvalue weighted by Gasteiger charge is -2.15. The molecule has 5 nitrogen and oxygen atoms in total. The number of benzene rings is 1. The second kappa shape index (κ2) is 6.89. The molecule has 1 aliphatic rings. The normalized spacial score (nSPS) is 16.1. The van der Waals surface area contributed by atoms with Crippen molar-refractivity contribution in [3.05, 3.63) is 28.2 Å². The van der Waals surface area contributed by atoms with Gasteiger partial charge in [0.05, 0.1) is 5.75 Å². The zero-order valence-corrected chi connectivity index (χ0v) is 14.3. The average Bonchev–Trinajstić information content (AvgIpc) is 2.96. The molecule has 0 aromatic heterocycles. The van der Waals surface area contributed by atoms with Crippen molar-refractivity contribution in [3.63, 3.8) is 0 Å². The Morgan fingerprint density at radius 3 is 2.62 bits per heavy atom. The fraction of sp³-hybridized carbons (Fsp3) is 0.500. The summed E-state index contributed by atoms with van der Waals surface area (Å²) < 4.78 is 26.4. The van der Waals surface area contributed by atoms with Crippen molar-refractivity contribution in [3.8, 4) is 0 Å². The Bertz CT molecular complexity index is 625. The van der Waals surface area contributed by atoms with Crippen LogP contribution in [0.1, 0.15) is 24.8 Å². The SMILES string of the molecule is Cc1ccc(NC(=O)CCS(=O)(=O)N2CCCC2)cc1Br. The lowest BCUT2D eigenvalue weighted by Crippen LogP contribution is -2.31. The van der Waals surface area contributed by atoms with Crippen molar-refractivity contribution in [1.29, 1.82) is 0 Å². The van der Waals surface area contributed by atoms with Crippen molar-refractivity contribution in [1.82, 2.24) is 4.31 Å². The highest BCUT2D eigenvalue weighted by Crippen LogP contribution is 2.21. The number of aryl methyl sites for hydroxylation is 1. The van der Waals surface area contributed by atoms with E-state index in [1.165, 1.54) is 4.31 Å². The minimum atomic E-state index is -3.30. The number of halogens is 1. The van der Waals surface area contributed by atoms with E-state index >= 15 is 0 Å². The maximum atomic E-state index is 12.0. The summed E-state index contributed by atoms with van der Waals surface area (Å²) >= 11 is 3.40. The van der Waals surface area contributed by atoms with Gasteiger partial charge in [-0.15, -0.1) is 0 Å². The van der Waals surface area contributed by atoms with Gasteiger partial charge in [0, 0.05) is 29.7 Å². The highest BCUT2D eigenvalue weighted by Gasteiger charge is 2.25. The van der Waals surface area contributed by atoms with Crippen LogP contribution < -0.4 is 5.32 Å². The van der Waals surface area contributed by atoms with Crippen molar-refractivity contribution < 1.29 is 13.2 Å². The number of nitrogens with zero attached hydrogens (tertiary/aromatic N) is 1. The van der Waals surface area contributed by atoms with Crippen LogP contribution >= 0.6 is 15.9 Å². The number of nitrogens with one attached hydrogen (secondary N) is 1. The van der Waals surface area contributed by atoms with Gasteiger partial charge in [0.1, 0.15) is 0 Å². The molecular weight excluding hydrogens is 356 g/mol. The fourth-order valence-corrected chi connectivity index (χ4v) is 4.11. The van der Waals surface area contributed by atoms with Crippen LogP contribution in [0, 0.1) is 6.92 Å². The Kier molecular flexibility index (Phi) is 5.40. The maximum Gasteiger partial charge on any atom is 0.225 e. The molecule has 0 aliphatic carbocycles. The molecule has 0 radical (unpaired) electrons. The Morgan fingerprint density at radius 1 is 1.33 bits per heavy atom. The molecule has 1 amide bonds. The molecule has 1 heterocycles. The summed E-state index contributed by atoms with van der Waals surface area (Å²) in [6.07, 6.45) is 1.79. The summed E-state index contributed by atoms with van der Waals surface area (Å²) in [7, 11) is -3.30. The Balaban J connectivity index is 1.88. The molecular formula is C14H19BrN2O3S. The van der Waals surface area contributed by atoms with Crippen molar-refractivity contribution in [2.24, 2.45) is 0 Å². The van der Waals surface area contributed by atoms with Gasteiger partial charge in [-0.2, -0.15) is 0 Å². The summed E-state index contributed by atoms with van der Waals surface area (Å²) in [5.41, 5.74) is 1.74. The zero-order chi connectivity index (χ0) is 15.5. The quantitative estimate of drug-likeness (QED) is 0.860. The number of hydrogen-bond donors (Lipinski definition) is 1. The monoisotopic (exact) mass is 374 g/mol. The lowest BCUT2D eigenvalue weighted by molar-refractivity contribution is -0.115. The summed E-state index contributed by atoms with van der Waals surface area (Å²) in [4.78, 5) is 11.9. The molecule has 1 saturated heterocycles. The van der Waals surface area contributed by atoms with Crippen LogP contribution in [-0.2, 0) is 14.8 Å². The highest BCUT2D eigenvalue weighted by atomic mass is 79.9. The van der Waals surface area contributed by atoms with Crippen LogP contribution in [-0.4, -0.2) is 37.5 Å². The molecule has 0 saturated carbocycles. The van der Waals surface area contributed by atoms with E-state index < -0.39 is 10.0 Å². The van der Waals surface area contributed by atoms with Crippen molar-refractivity contribution in [2.45, 2.75) is 26.2 Å². The van der Waals surface area contributed by atoms with Crippen LogP contribution in [0.15, 0.2) is 22.7 Å². The first-order valence-corrected chi connectivity index (χ1v) is 9.32. The van der Waals surface area contributed by atoms with E-state index in [1.807, 2.05) is 19.1 Å². The van der Waals surface area contributed by atoms with Gasteiger partial charge in [-0.3, -0.25) is 4.79 Å². The van der Waals surface area contributed by atoms with E-state index in [2.05, 4.69) is 21.2 Å². The first-order valence-electron chi connectivity index (χ1n) is 6.92. The molecule has 0 spiro atoms. The van der Waals surface area contributed by atoms with E-state index in [-0.39, 0.29) is 18.1 Å². The summed E-state index contributed by atoms with van der Waals surface area (Å²) in [5.74, 6) is -0.417. The molecule has 0 bridgehead atoms. The Morgan fingerprint density at radius 2 is 2.00 bits per heavy atom. The van der Waals surface area contributed by atoms with E-state index in [4.69, 9.17) is 0 Å². The van der Waals surface area contributed by atoms with Gasteiger partial charge in [0.15, 0.2) is 0 Å². The second-order valence-corrected chi connectivity index (χ2v) is 8.13. The number of carbonyl (C=O) groups excluding carboxylic acids is 1. The van der Waals surface area contributed by atoms with Gasteiger partial charge in [0.2, 0.25) is 15.9 Å². The predicted molar refractivity (Wildman–Crippen MR) is 86.7 cm³/mol. The molecule has 21 heavy (non-hydrogen) atoms. The molecule has 2 rings (SSSR count). The topological polar surface area (TPSA) is 66.5 Å². The first-order chi connectivity index (χ1) is 9.88. The minimum Gasteiger partial charge on any atom is -0.326 e. The largest absolute Gasteiger partial charge is 0.326 e. The van der Waals surface area contributed by atoms with E-state index in [9.17, 15) is 13.2 Å². The van der Waals surface area contributed by atoms with Crippen LogP contribution in [0.5, 0.6) is 0 Å². The third-order valence-electron chi connectivity index (χ3n) is 3.50. The van der Waals surface area contributed by atoms with Crippen LogP contribution in [0.25, 0.3) is 0 Å². The average molecular weight is 375 g/mol. The van der Waals surface area contributed by atoms with Crippen LogP contribution in [0.4, 0.5) is 5.69 Å². The number of sulfonamides is 1. The molecule has 1 aliphatic heterocycles. The number of hydrogen-bond acceptors (Lipinski definition) is 3. The zero-order valence-electron chi connectivity index (χ0n) is 11.9. The minimum absolute atomic E-state index is 0.0235. The van der Waals surface area contributed by atoms with Gasteiger partial charge >= 0.3 is 0 Å². The molecule has 7 heteroatoms. The van der Waals surface area contributed by atoms with Gasteiger partial charge in [-0.1, -0.05) is 22.0 Å². The third-order valence-corrected chi connectivity index (χ3v) is 6.23. The van der Waals surface area contributed by atoms with Crippen molar-refractivity contribution in [2.75, 3.05) is 24.2 Å². The molecule has 1 N–H and O–H groups in total. The maximum absolute atomic E-state index is 12.0. The highest BCUT2D eigenvalue weighted by molar-refractivity contribution is 9.10. The molecule has 1 aromatic carbocycles. The number of amides is 1. The fourth-order valence-electron chi connectivity index (χ4n) is 2.21. The number of anilines is 1. The van der Waals surface area contributed by atoms with Gasteiger partial charge in [-0.25, -0.2) is 12.7 Å². The Hall–Kier alpha value is -0.920. The van der Waals surface area contributed by atoms with Crippen molar-refractivity contribution >= 4 is 37.5 Å². The molecule has 0 atom stereocenters. The second-order valence-electron chi connectivity index (χ2n) is 5.18. The first kappa shape index (κ1) is 16.5. The van der Waals surface area contributed by atoms with Gasteiger partial charge < -0.3 is 5.32 Å². The van der Waals surface area contributed by atoms with Gasteiger partial charge in [0.25, 0.3) is 0 Å². The third kappa shape index (κ3) is 4.52. The summed E-state index contributed by atoms with van der Waals surface area (Å²) in [6.45, 7) is 3.11. The van der Waals surface area contributed by atoms with E-state index in [1.54, 1.807) is 6.07 Å². The molecule has 0 unspecified atom stereocenters. The summed E-state index contributed by atoms with van der Waals surface area (Å²) in [5, 5.41) is 2.72. The summed E-state index contributed by atoms with van der Waals surface area (Å²) in [6, 6.07) is 5.50. The number of rotatable bonds is 5. The van der Waals surface area contributed by atoms with E-state index in [0.717, 1.165) is 22.9 Å². The smallest absolute Gasteiger partial charge is 0.225 e.